The normalized spacial score (nSPS) is 19.6. The van der Waals surface area contributed by atoms with Gasteiger partial charge in [-0.2, -0.15) is 0 Å². The van der Waals surface area contributed by atoms with Crippen LogP contribution in [-0.4, -0.2) is 29.7 Å². The first-order valence-electron chi connectivity index (χ1n) is 12.1. The van der Waals surface area contributed by atoms with Crippen molar-refractivity contribution in [2.45, 2.75) is 127 Å². The van der Waals surface area contributed by atoms with E-state index in [1.807, 2.05) is 0 Å². The van der Waals surface area contributed by atoms with Crippen LogP contribution in [0, 0.1) is 6.92 Å². The van der Waals surface area contributed by atoms with Crippen molar-refractivity contribution >= 4 is 17.0 Å². The van der Waals surface area contributed by atoms with Crippen LogP contribution in [0.5, 0.6) is 0 Å². The van der Waals surface area contributed by atoms with E-state index in [2.05, 4.69) is 19.2 Å². The van der Waals surface area contributed by atoms with Gasteiger partial charge in [0.1, 0.15) is 0 Å². The van der Waals surface area contributed by atoms with Gasteiger partial charge in [-0.1, -0.05) is 109 Å². The lowest BCUT2D eigenvalue weighted by Gasteiger charge is -2.27. The highest BCUT2D eigenvalue weighted by Crippen LogP contribution is 2.26. The predicted octanol–water partition coefficient (Wildman–Crippen LogP) is 7.68. The Labute approximate surface area is 179 Å². The standard InChI is InChI=1S/C24H46NO2S/c1-3-4-5-6-7-8-9-10-11-12-13-14-15-16-17-20-25-24(26)28-23-19-18-21-27-22(23)2/h22-23H,2-21H2,1H3,(H,25,26). The second-order valence-electron chi connectivity index (χ2n) is 8.37. The van der Waals surface area contributed by atoms with Gasteiger partial charge in [0.05, 0.1) is 6.10 Å². The van der Waals surface area contributed by atoms with Gasteiger partial charge in [-0.3, -0.25) is 4.79 Å². The molecule has 0 saturated carbocycles. The van der Waals surface area contributed by atoms with E-state index >= 15 is 0 Å². The molecule has 1 heterocycles. The largest absolute Gasteiger partial charge is 0.377 e. The molecular formula is C24H46NO2S. The summed E-state index contributed by atoms with van der Waals surface area (Å²) in [5.41, 5.74) is 0. The molecule has 28 heavy (non-hydrogen) atoms. The summed E-state index contributed by atoms with van der Waals surface area (Å²) in [6.45, 7) is 7.86. The average Bonchev–Trinajstić information content (AvgIpc) is 2.69. The molecule has 4 heteroatoms. The maximum absolute atomic E-state index is 12.0. The molecule has 0 aromatic rings. The third-order valence-corrected chi connectivity index (χ3v) is 6.89. The van der Waals surface area contributed by atoms with E-state index in [0.717, 1.165) is 32.4 Å². The quantitative estimate of drug-likeness (QED) is 0.249. The van der Waals surface area contributed by atoms with E-state index in [1.54, 1.807) is 0 Å². The lowest BCUT2D eigenvalue weighted by atomic mass is 10.0. The van der Waals surface area contributed by atoms with Crippen molar-refractivity contribution < 1.29 is 9.53 Å². The zero-order chi connectivity index (χ0) is 20.3. The minimum Gasteiger partial charge on any atom is -0.377 e. The van der Waals surface area contributed by atoms with Gasteiger partial charge in [-0.25, -0.2) is 0 Å². The summed E-state index contributed by atoms with van der Waals surface area (Å²) in [5, 5.41) is 3.35. The molecule has 1 saturated heterocycles. The number of carbonyl (C=O) groups is 1. The molecule has 1 fully saturated rings. The summed E-state index contributed by atoms with van der Waals surface area (Å²) in [5.74, 6) is 0. The van der Waals surface area contributed by atoms with Crippen molar-refractivity contribution in [3.05, 3.63) is 6.92 Å². The Morgan fingerprint density at radius 2 is 1.39 bits per heavy atom. The molecule has 0 aromatic heterocycles. The molecule has 3 nitrogen and oxygen atoms in total. The Kier molecular flexibility index (Phi) is 17.3. The Balaban J connectivity index is 1.76. The summed E-state index contributed by atoms with van der Waals surface area (Å²) in [6.07, 6.45) is 22.6. The first-order valence-corrected chi connectivity index (χ1v) is 13.0. The minimum absolute atomic E-state index is 0.0460. The third-order valence-electron chi connectivity index (χ3n) is 5.69. The molecule has 2 atom stereocenters. The van der Waals surface area contributed by atoms with Crippen LogP contribution in [0.15, 0.2) is 0 Å². The second kappa shape index (κ2) is 18.8. The van der Waals surface area contributed by atoms with Crippen molar-refractivity contribution in [3.63, 3.8) is 0 Å². The number of ether oxygens (including phenoxy) is 1. The van der Waals surface area contributed by atoms with E-state index in [4.69, 9.17) is 4.74 Å². The summed E-state index contributed by atoms with van der Waals surface area (Å²) < 4.78 is 5.51. The van der Waals surface area contributed by atoms with Crippen molar-refractivity contribution in [3.8, 4) is 0 Å². The number of hydrogen-bond acceptors (Lipinski definition) is 3. The zero-order valence-electron chi connectivity index (χ0n) is 18.5. The number of rotatable bonds is 17. The van der Waals surface area contributed by atoms with Crippen LogP contribution in [0.2, 0.25) is 0 Å². The van der Waals surface area contributed by atoms with E-state index in [-0.39, 0.29) is 16.6 Å². The number of thioether (sulfide) groups is 1. The average molecular weight is 413 g/mol. The van der Waals surface area contributed by atoms with Gasteiger partial charge in [0.15, 0.2) is 0 Å². The van der Waals surface area contributed by atoms with Crippen LogP contribution < -0.4 is 5.32 Å². The number of hydrogen-bond donors (Lipinski definition) is 1. The molecule has 165 valence electrons. The predicted molar refractivity (Wildman–Crippen MR) is 124 cm³/mol. The van der Waals surface area contributed by atoms with Gasteiger partial charge in [0, 0.05) is 18.4 Å². The second-order valence-corrected chi connectivity index (χ2v) is 9.58. The number of carbonyl (C=O) groups excluding carboxylic acids is 1. The molecule has 1 amide bonds. The SMILES string of the molecule is [CH2]C1OCCCC1SC(=O)NCCCCCCCCCCCCCCCCC. The highest BCUT2D eigenvalue weighted by atomic mass is 32.2. The van der Waals surface area contributed by atoms with Gasteiger partial charge in [-0.15, -0.1) is 0 Å². The van der Waals surface area contributed by atoms with E-state index in [1.165, 1.54) is 102 Å². The first kappa shape index (κ1) is 25.8. The van der Waals surface area contributed by atoms with Crippen molar-refractivity contribution in [1.29, 1.82) is 0 Å². The van der Waals surface area contributed by atoms with Crippen LogP contribution in [0.25, 0.3) is 0 Å². The fraction of sp³-hybridized carbons (Fsp3) is 0.917. The summed E-state index contributed by atoms with van der Waals surface area (Å²) >= 11 is 1.38. The first-order chi connectivity index (χ1) is 13.7. The molecule has 2 unspecified atom stereocenters. The van der Waals surface area contributed by atoms with Crippen LogP contribution >= 0.6 is 11.8 Å². The monoisotopic (exact) mass is 412 g/mol. The van der Waals surface area contributed by atoms with Gasteiger partial charge in [-0.05, 0) is 26.2 Å². The van der Waals surface area contributed by atoms with Crippen molar-refractivity contribution in [1.82, 2.24) is 5.32 Å². The third kappa shape index (κ3) is 14.7. The molecule has 1 aliphatic heterocycles. The van der Waals surface area contributed by atoms with Gasteiger partial charge < -0.3 is 10.1 Å². The number of nitrogens with one attached hydrogen (secondary N) is 1. The van der Waals surface area contributed by atoms with Gasteiger partial charge >= 0.3 is 0 Å². The molecular weight excluding hydrogens is 366 g/mol. The molecule has 0 aromatic carbocycles. The number of amides is 1. The molecule has 0 aliphatic carbocycles. The summed E-state index contributed by atoms with van der Waals surface area (Å²) in [7, 11) is 0. The highest BCUT2D eigenvalue weighted by molar-refractivity contribution is 8.14. The molecule has 1 aliphatic rings. The number of unbranched alkanes of at least 4 members (excludes halogenated alkanes) is 14. The van der Waals surface area contributed by atoms with Crippen molar-refractivity contribution in [2.24, 2.45) is 0 Å². The lowest BCUT2D eigenvalue weighted by Crippen LogP contribution is -2.32. The maximum Gasteiger partial charge on any atom is 0.279 e. The maximum atomic E-state index is 12.0. The van der Waals surface area contributed by atoms with E-state index in [9.17, 15) is 4.79 Å². The molecule has 1 rings (SSSR count). The van der Waals surface area contributed by atoms with Crippen LogP contribution in [0.1, 0.15) is 116 Å². The van der Waals surface area contributed by atoms with E-state index < -0.39 is 0 Å². The Bertz CT molecular complexity index is 365. The lowest BCUT2D eigenvalue weighted by molar-refractivity contribution is 0.0499. The fourth-order valence-electron chi connectivity index (χ4n) is 3.81. The molecule has 1 N–H and O–H groups in total. The molecule has 0 spiro atoms. The van der Waals surface area contributed by atoms with Crippen LogP contribution in [-0.2, 0) is 4.74 Å². The minimum atomic E-state index is -0.0460. The van der Waals surface area contributed by atoms with Crippen LogP contribution in [0.4, 0.5) is 4.79 Å². The Morgan fingerprint density at radius 3 is 1.89 bits per heavy atom. The molecule has 1 radical (unpaired) electrons. The summed E-state index contributed by atoms with van der Waals surface area (Å²) in [6, 6.07) is 0. The van der Waals surface area contributed by atoms with Crippen molar-refractivity contribution in [2.75, 3.05) is 13.2 Å². The Hall–Kier alpha value is -0.220. The smallest absolute Gasteiger partial charge is 0.279 e. The topological polar surface area (TPSA) is 38.3 Å². The van der Waals surface area contributed by atoms with Crippen LogP contribution in [0.3, 0.4) is 0 Å². The van der Waals surface area contributed by atoms with E-state index in [0.29, 0.717) is 0 Å². The van der Waals surface area contributed by atoms with Gasteiger partial charge in [0.25, 0.3) is 5.24 Å². The summed E-state index contributed by atoms with van der Waals surface area (Å²) in [4.78, 5) is 12.0. The van der Waals surface area contributed by atoms with Gasteiger partial charge in [0.2, 0.25) is 0 Å². The fourth-order valence-corrected chi connectivity index (χ4v) is 4.79. The molecule has 0 bridgehead atoms. The Morgan fingerprint density at radius 1 is 0.893 bits per heavy atom. The highest BCUT2D eigenvalue weighted by Gasteiger charge is 2.25. The zero-order valence-corrected chi connectivity index (χ0v) is 19.3.